The number of carbonyl (C=O) groups excluding carboxylic acids is 1. The van der Waals surface area contributed by atoms with Crippen molar-refractivity contribution >= 4 is 17.5 Å². The van der Waals surface area contributed by atoms with Crippen molar-refractivity contribution in [2.75, 3.05) is 26.7 Å². The van der Waals surface area contributed by atoms with Gasteiger partial charge in [0.1, 0.15) is 0 Å². The van der Waals surface area contributed by atoms with Gasteiger partial charge in [0.25, 0.3) is 0 Å². The molecule has 3 nitrogen and oxygen atoms in total. The second-order valence-electron chi connectivity index (χ2n) is 5.91. The zero-order valence-corrected chi connectivity index (χ0v) is 13.8. The van der Waals surface area contributed by atoms with Gasteiger partial charge in [0.2, 0.25) is 5.91 Å². The highest BCUT2D eigenvalue weighted by atomic mass is 35.5. The van der Waals surface area contributed by atoms with Crippen molar-refractivity contribution in [3.63, 3.8) is 0 Å². The molecule has 0 saturated carbocycles. The van der Waals surface area contributed by atoms with Crippen LogP contribution in [0, 0.1) is 0 Å². The highest BCUT2D eigenvalue weighted by molar-refractivity contribution is 6.31. The van der Waals surface area contributed by atoms with Crippen LogP contribution in [0.5, 0.6) is 0 Å². The van der Waals surface area contributed by atoms with Crippen molar-refractivity contribution in [2.24, 2.45) is 0 Å². The molecule has 0 spiro atoms. The number of rotatable bonds is 4. The van der Waals surface area contributed by atoms with Gasteiger partial charge in [-0.15, -0.1) is 0 Å². The van der Waals surface area contributed by atoms with Crippen LogP contribution < -0.4 is 0 Å². The standard InChI is InChI=1S/C17H25ClN2O/c1-14(15-9-5-6-10-16(15)18)19(2)13-17(21)20-11-7-3-4-8-12-20/h5-6,9-10,14H,3-4,7-8,11-13H2,1-2H3. The minimum atomic E-state index is 0.134. The predicted molar refractivity (Wildman–Crippen MR) is 87.5 cm³/mol. The molecule has 1 atom stereocenters. The molecule has 0 aromatic heterocycles. The monoisotopic (exact) mass is 308 g/mol. The van der Waals surface area contributed by atoms with E-state index in [9.17, 15) is 4.79 Å². The summed E-state index contributed by atoms with van der Waals surface area (Å²) in [7, 11) is 1.99. The molecule has 1 aromatic rings. The number of hydrogen-bond acceptors (Lipinski definition) is 2. The van der Waals surface area contributed by atoms with Crippen LogP contribution in [0.2, 0.25) is 5.02 Å². The van der Waals surface area contributed by atoms with Crippen LogP contribution >= 0.6 is 11.6 Å². The summed E-state index contributed by atoms with van der Waals surface area (Å²) in [6.45, 7) is 4.36. The number of benzene rings is 1. The third kappa shape index (κ3) is 4.45. The van der Waals surface area contributed by atoms with Gasteiger partial charge >= 0.3 is 0 Å². The first kappa shape index (κ1) is 16.3. The quantitative estimate of drug-likeness (QED) is 0.846. The lowest BCUT2D eigenvalue weighted by atomic mass is 10.1. The Morgan fingerprint density at radius 1 is 1.24 bits per heavy atom. The van der Waals surface area contributed by atoms with Crippen LogP contribution in [0.15, 0.2) is 24.3 Å². The highest BCUT2D eigenvalue weighted by Crippen LogP contribution is 2.26. The number of nitrogens with zero attached hydrogens (tertiary/aromatic N) is 2. The molecule has 1 saturated heterocycles. The Labute approximate surface area is 132 Å². The smallest absolute Gasteiger partial charge is 0.236 e. The second-order valence-corrected chi connectivity index (χ2v) is 6.31. The first-order chi connectivity index (χ1) is 10.1. The third-order valence-corrected chi connectivity index (χ3v) is 4.70. The number of hydrogen-bond donors (Lipinski definition) is 0. The molecule has 1 aromatic carbocycles. The molecular weight excluding hydrogens is 284 g/mol. The Balaban J connectivity index is 1.95. The summed E-state index contributed by atoms with van der Waals surface area (Å²) in [5.41, 5.74) is 1.07. The summed E-state index contributed by atoms with van der Waals surface area (Å²) in [4.78, 5) is 16.5. The van der Waals surface area contributed by atoms with Crippen LogP contribution in [0.3, 0.4) is 0 Å². The molecule has 1 aliphatic rings. The van der Waals surface area contributed by atoms with Crippen LogP contribution in [0.4, 0.5) is 0 Å². The molecule has 21 heavy (non-hydrogen) atoms. The molecule has 0 bridgehead atoms. The summed E-state index contributed by atoms with van der Waals surface area (Å²) in [6.07, 6.45) is 4.76. The Morgan fingerprint density at radius 3 is 2.48 bits per heavy atom. The van der Waals surface area contributed by atoms with Gasteiger partial charge in [-0.25, -0.2) is 0 Å². The molecule has 2 rings (SSSR count). The fraction of sp³-hybridized carbons (Fsp3) is 0.588. The van der Waals surface area contributed by atoms with Crippen molar-refractivity contribution in [3.05, 3.63) is 34.9 Å². The first-order valence-electron chi connectivity index (χ1n) is 7.82. The molecule has 1 amide bonds. The minimum absolute atomic E-state index is 0.134. The molecule has 1 aliphatic heterocycles. The van der Waals surface area contributed by atoms with Gasteiger partial charge in [0.15, 0.2) is 0 Å². The molecule has 0 radical (unpaired) electrons. The van der Waals surface area contributed by atoms with Crippen molar-refractivity contribution in [2.45, 2.75) is 38.6 Å². The summed E-state index contributed by atoms with van der Waals surface area (Å²) in [5, 5.41) is 0.763. The Morgan fingerprint density at radius 2 is 1.86 bits per heavy atom. The van der Waals surface area contributed by atoms with E-state index in [-0.39, 0.29) is 11.9 Å². The summed E-state index contributed by atoms with van der Waals surface area (Å²) in [5.74, 6) is 0.235. The van der Waals surface area contributed by atoms with E-state index < -0.39 is 0 Å². The summed E-state index contributed by atoms with van der Waals surface area (Å²) in [6, 6.07) is 7.98. The van der Waals surface area contributed by atoms with Crippen LogP contribution in [0.25, 0.3) is 0 Å². The van der Waals surface area contributed by atoms with E-state index in [2.05, 4.69) is 11.8 Å². The molecule has 4 heteroatoms. The van der Waals surface area contributed by atoms with Crippen LogP contribution in [-0.2, 0) is 4.79 Å². The Bertz CT molecular complexity index is 470. The lowest BCUT2D eigenvalue weighted by molar-refractivity contribution is -0.132. The van der Waals surface area contributed by atoms with E-state index in [0.29, 0.717) is 6.54 Å². The largest absolute Gasteiger partial charge is 0.342 e. The summed E-state index contributed by atoms with van der Waals surface area (Å²) >= 11 is 6.25. The van der Waals surface area contributed by atoms with E-state index in [1.165, 1.54) is 12.8 Å². The van der Waals surface area contributed by atoms with Gasteiger partial charge in [0.05, 0.1) is 6.54 Å². The zero-order valence-electron chi connectivity index (χ0n) is 13.0. The van der Waals surface area contributed by atoms with E-state index in [4.69, 9.17) is 11.6 Å². The molecule has 1 unspecified atom stereocenters. The Hall–Kier alpha value is -1.06. The fourth-order valence-electron chi connectivity index (χ4n) is 2.82. The van der Waals surface area contributed by atoms with Crippen molar-refractivity contribution in [3.8, 4) is 0 Å². The third-order valence-electron chi connectivity index (χ3n) is 4.36. The number of amides is 1. The maximum Gasteiger partial charge on any atom is 0.236 e. The van der Waals surface area contributed by atoms with Gasteiger partial charge < -0.3 is 4.90 Å². The normalized spacial score (nSPS) is 17.6. The summed E-state index contributed by atoms with van der Waals surface area (Å²) < 4.78 is 0. The maximum absolute atomic E-state index is 12.4. The first-order valence-corrected chi connectivity index (χ1v) is 8.20. The lowest BCUT2D eigenvalue weighted by Crippen LogP contribution is -2.40. The number of likely N-dealkylation sites (tertiary alicyclic amines) is 1. The van der Waals surface area contributed by atoms with Crippen molar-refractivity contribution in [1.29, 1.82) is 0 Å². The molecule has 116 valence electrons. The molecule has 1 heterocycles. The van der Waals surface area contributed by atoms with Crippen molar-refractivity contribution in [1.82, 2.24) is 9.80 Å². The van der Waals surface area contributed by atoms with Crippen LogP contribution in [0.1, 0.15) is 44.2 Å². The van der Waals surface area contributed by atoms with Gasteiger partial charge in [-0.2, -0.15) is 0 Å². The number of halogens is 1. The average Bonchev–Trinajstić information content (AvgIpc) is 2.76. The SMILES string of the molecule is CC(c1ccccc1Cl)N(C)CC(=O)N1CCCCCC1. The lowest BCUT2D eigenvalue weighted by Gasteiger charge is -2.28. The van der Waals surface area contributed by atoms with Gasteiger partial charge in [-0.05, 0) is 38.4 Å². The average molecular weight is 309 g/mol. The van der Waals surface area contributed by atoms with E-state index in [1.54, 1.807) is 0 Å². The van der Waals surface area contributed by atoms with E-state index in [1.807, 2.05) is 36.2 Å². The molecule has 0 N–H and O–H groups in total. The highest BCUT2D eigenvalue weighted by Gasteiger charge is 2.21. The van der Waals surface area contributed by atoms with Gasteiger partial charge in [0, 0.05) is 24.2 Å². The van der Waals surface area contributed by atoms with Gasteiger partial charge in [-0.1, -0.05) is 42.6 Å². The van der Waals surface area contributed by atoms with E-state index >= 15 is 0 Å². The topological polar surface area (TPSA) is 23.6 Å². The maximum atomic E-state index is 12.4. The van der Waals surface area contributed by atoms with Crippen LogP contribution in [-0.4, -0.2) is 42.4 Å². The second kappa shape index (κ2) is 7.81. The van der Waals surface area contributed by atoms with Gasteiger partial charge in [-0.3, -0.25) is 9.69 Å². The number of likely N-dealkylation sites (N-methyl/N-ethyl adjacent to an activating group) is 1. The molecule has 1 fully saturated rings. The molecule has 0 aliphatic carbocycles. The fourth-order valence-corrected chi connectivity index (χ4v) is 3.12. The zero-order chi connectivity index (χ0) is 15.2. The predicted octanol–water partition coefficient (Wildman–Crippen LogP) is 3.74. The van der Waals surface area contributed by atoms with E-state index in [0.717, 1.165) is 36.5 Å². The number of carbonyl (C=O) groups is 1. The Kier molecular flexibility index (Phi) is 6.07. The minimum Gasteiger partial charge on any atom is -0.342 e. The van der Waals surface area contributed by atoms with Crippen molar-refractivity contribution < 1.29 is 4.79 Å². The molecular formula is C17H25ClN2O.